The molecule has 0 aromatic carbocycles. The highest BCUT2D eigenvalue weighted by atomic mass is 35.5. The maximum Gasteiger partial charge on any atom is 0.263 e. The third-order valence-corrected chi connectivity index (χ3v) is 6.53. The number of carbonyl (C=O) groups excluding carboxylic acids is 2. The van der Waals surface area contributed by atoms with E-state index in [2.05, 4.69) is 0 Å². The lowest BCUT2D eigenvalue weighted by Gasteiger charge is -2.34. The zero-order chi connectivity index (χ0) is 17.8. The minimum Gasteiger partial charge on any atom is -0.338 e. The highest BCUT2D eigenvalue weighted by Crippen LogP contribution is 2.25. The molecule has 25 heavy (non-hydrogen) atoms. The number of carbonyl (C=O) groups is 2. The molecule has 2 aromatic heterocycles. The van der Waals surface area contributed by atoms with Gasteiger partial charge in [0.1, 0.15) is 0 Å². The van der Waals surface area contributed by atoms with Gasteiger partial charge in [-0.05, 0) is 43.3 Å². The number of hydrogen-bond donors (Lipinski definition) is 0. The molecule has 0 aliphatic carbocycles. The van der Waals surface area contributed by atoms with Crippen LogP contribution >= 0.6 is 34.3 Å². The topological polar surface area (TPSA) is 40.6 Å². The quantitative estimate of drug-likeness (QED) is 0.753. The molecule has 2 amide bonds. The number of halogens is 1. The van der Waals surface area contributed by atoms with Crippen LogP contribution in [0.1, 0.15) is 34.3 Å². The van der Waals surface area contributed by atoms with Crippen molar-refractivity contribution in [1.29, 1.82) is 0 Å². The molecule has 1 aliphatic heterocycles. The van der Waals surface area contributed by atoms with Gasteiger partial charge >= 0.3 is 0 Å². The van der Waals surface area contributed by atoms with Gasteiger partial charge in [-0.1, -0.05) is 17.7 Å². The lowest BCUT2D eigenvalue weighted by atomic mass is 9.96. The minimum absolute atomic E-state index is 0.0422. The van der Waals surface area contributed by atoms with E-state index in [1.807, 2.05) is 46.4 Å². The van der Waals surface area contributed by atoms with Crippen molar-refractivity contribution in [3.8, 4) is 0 Å². The molecule has 7 heteroatoms. The second kappa shape index (κ2) is 8.34. The molecule has 3 rings (SSSR count). The van der Waals surface area contributed by atoms with Gasteiger partial charge in [-0.3, -0.25) is 9.59 Å². The standard InChI is InChI=1S/C18H21ClN2O2S2/c1-2-20(12-14-7-8-16(19)25-14)17(22)13-5-3-9-21(11-13)18(23)15-6-4-10-24-15/h4,6-8,10,13H,2-3,5,9,11-12H2,1H3. The minimum atomic E-state index is -0.118. The normalized spacial score (nSPS) is 17.5. The molecule has 4 nitrogen and oxygen atoms in total. The summed E-state index contributed by atoms with van der Waals surface area (Å²) in [6, 6.07) is 7.56. The Balaban J connectivity index is 1.65. The van der Waals surface area contributed by atoms with Gasteiger partial charge in [-0.25, -0.2) is 0 Å². The molecule has 0 radical (unpaired) electrons. The maximum absolute atomic E-state index is 13.0. The summed E-state index contributed by atoms with van der Waals surface area (Å²) in [5, 5.41) is 1.91. The Morgan fingerprint density at radius 2 is 2.20 bits per heavy atom. The van der Waals surface area contributed by atoms with Gasteiger partial charge in [0.25, 0.3) is 5.91 Å². The van der Waals surface area contributed by atoms with Crippen LogP contribution in [0, 0.1) is 5.92 Å². The number of likely N-dealkylation sites (tertiary alicyclic amines) is 1. The average Bonchev–Trinajstić information content (AvgIpc) is 3.30. The molecular weight excluding hydrogens is 376 g/mol. The molecule has 2 aromatic rings. The van der Waals surface area contributed by atoms with Crippen LogP contribution < -0.4 is 0 Å². The molecular formula is C18H21ClN2O2S2. The molecule has 1 atom stereocenters. The second-order valence-electron chi connectivity index (χ2n) is 6.13. The van der Waals surface area contributed by atoms with Crippen molar-refractivity contribution in [3.05, 3.63) is 43.7 Å². The highest BCUT2D eigenvalue weighted by Gasteiger charge is 2.31. The van der Waals surface area contributed by atoms with Crippen molar-refractivity contribution >= 4 is 46.1 Å². The zero-order valence-electron chi connectivity index (χ0n) is 14.1. The first kappa shape index (κ1) is 18.4. The molecule has 3 heterocycles. The predicted molar refractivity (Wildman–Crippen MR) is 103 cm³/mol. The zero-order valence-corrected chi connectivity index (χ0v) is 16.5. The number of piperidine rings is 1. The Kier molecular flexibility index (Phi) is 6.15. The van der Waals surface area contributed by atoms with E-state index in [-0.39, 0.29) is 17.7 Å². The number of nitrogens with zero attached hydrogens (tertiary/aromatic N) is 2. The molecule has 1 fully saturated rings. The Morgan fingerprint density at radius 1 is 1.36 bits per heavy atom. The van der Waals surface area contributed by atoms with E-state index in [4.69, 9.17) is 11.6 Å². The number of hydrogen-bond acceptors (Lipinski definition) is 4. The predicted octanol–water partition coefficient (Wildman–Crippen LogP) is 4.36. The van der Waals surface area contributed by atoms with E-state index in [1.165, 1.54) is 22.7 Å². The first-order valence-electron chi connectivity index (χ1n) is 8.44. The van der Waals surface area contributed by atoms with Crippen LogP contribution in [0.15, 0.2) is 29.6 Å². The Morgan fingerprint density at radius 3 is 2.84 bits per heavy atom. The second-order valence-corrected chi connectivity index (χ2v) is 8.87. The molecule has 0 bridgehead atoms. The van der Waals surface area contributed by atoms with E-state index < -0.39 is 0 Å². The summed E-state index contributed by atoms with van der Waals surface area (Å²) in [5.41, 5.74) is 0. The van der Waals surface area contributed by atoms with Gasteiger partial charge in [0.15, 0.2) is 0 Å². The van der Waals surface area contributed by atoms with Gasteiger partial charge in [-0.15, -0.1) is 22.7 Å². The summed E-state index contributed by atoms with van der Waals surface area (Å²) < 4.78 is 0.740. The Bertz CT molecular complexity index is 729. The van der Waals surface area contributed by atoms with Crippen molar-refractivity contribution in [1.82, 2.24) is 9.80 Å². The fraction of sp³-hybridized carbons (Fsp3) is 0.444. The van der Waals surface area contributed by atoms with Crippen LogP contribution in [0.3, 0.4) is 0 Å². The molecule has 1 unspecified atom stereocenters. The molecule has 0 saturated carbocycles. The van der Waals surface area contributed by atoms with Gasteiger partial charge < -0.3 is 9.80 Å². The molecule has 134 valence electrons. The summed E-state index contributed by atoms with van der Waals surface area (Å²) in [5.74, 6) is 0.0596. The van der Waals surface area contributed by atoms with E-state index in [1.54, 1.807) is 0 Å². The maximum atomic E-state index is 13.0. The summed E-state index contributed by atoms with van der Waals surface area (Å²) >= 11 is 8.95. The monoisotopic (exact) mass is 396 g/mol. The van der Waals surface area contributed by atoms with Crippen LogP contribution in [-0.2, 0) is 11.3 Å². The van der Waals surface area contributed by atoms with Crippen LogP contribution in [0.2, 0.25) is 4.34 Å². The van der Waals surface area contributed by atoms with Crippen molar-refractivity contribution in [2.75, 3.05) is 19.6 Å². The third kappa shape index (κ3) is 4.43. The fourth-order valence-electron chi connectivity index (χ4n) is 3.15. The molecule has 0 N–H and O–H groups in total. The van der Waals surface area contributed by atoms with Crippen molar-refractivity contribution < 1.29 is 9.59 Å². The number of amides is 2. The molecule has 0 spiro atoms. The molecule has 1 aliphatic rings. The summed E-state index contributed by atoms with van der Waals surface area (Å²) in [7, 11) is 0. The van der Waals surface area contributed by atoms with Gasteiger partial charge in [0.05, 0.1) is 21.7 Å². The van der Waals surface area contributed by atoms with Gasteiger partial charge in [-0.2, -0.15) is 0 Å². The smallest absolute Gasteiger partial charge is 0.263 e. The van der Waals surface area contributed by atoms with E-state index in [9.17, 15) is 9.59 Å². The Hall–Kier alpha value is -1.37. The Labute approximate surface area is 161 Å². The summed E-state index contributed by atoms with van der Waals surface area (Å²) in [4.78, 5) is 31.0. The van der Waals surface area contributed by atoms with Crippen molar-refractivity contribution in [2.24, 2.45) is 5.92 Å². The lowest BCUT2D eigenvalue weighted by Crippen LogP contribution is -2.46. The third-order valence-electron chi connectivity index (χ3n) is 4.46. The summed E-state index contributed by atoms with van der Waals surface area (Å²) in [6.07, 6.45) is 1.71. The van der Waals surface area contributed by atoms with Gasteiger partial charge in [0, 0.05) is 24.5 Å². The van der Waals surface area contributed by atoms with E-state index >= 15 is 0 Å². The van der Waals surface area contributed by atoms with Crippen LogP contribution in [-0.4, -0.2) is 41.2 Å². The fourth-order valence-corrected chi connectivity index (χ4v) is 4.94. The van der Waals surface area contributed by atoms with Crippen LogP contribution in [0.25, 0.3) is 0 Å². The van der Waals surface area contributed by atoms with Crippen molar-refractivity contribution in [2.45, 2.75) is 26.3 Å². The average molecular weight is 397 g/mol. The van der Waals surface area contributed by atoms with Crippen LogP contribution in [0.4, 0.5) is 0 Å². The number of rotatable bonds is 5. The lowest BCUT2D eigenvalue weighted by molar-refractivity contribution is -0.137. The van der Waals surface area contributed by atoms with Gasteiger partial charge in [0.2, 0.25) is 5.91 Å². The largest absolute Gasteiger partial charge is 0.338 e. The van der Waals surface area contributed by atoms with Crippen LogP contribution in [0.5, 0.6) is 0 Å². The SMILES string of the molecule is CCN(Cc1ccc(Cl)s1)C(=O)C1CCCN(C(=O)c2cccs2)C1. The first-order chi connectivity index (χ1) is 12.1. The van der Waals surface area contributed by atoms with Crippen molar-refractivity contribution in [3.63, 3.8) is 0 Å². The molecule has 1 saturated heterocycles. The summed E-state index contributed by atoms with van der Waals surface area (Å²) in [6.45, 7) is 4.47. The highest BCUT2D eigenvalue weighted by molar-refractivity contribution is 7.16. The number of thiophene rings is 2. The first-order valence-corrected chi connectivity index (χ1v) is 10.5. The van der Waals surface area contributed by atoms with E-state index in [0.717, 1.165) is 33.5 Å². The van der Waals surface area contributed by atoms with E-state index in [0.29, 0.717) is 19.6 Å².